The van der Waals surface area contributed by atoms with Crippen molar-refractivity contribution in [3.05, 3.63) is 17.5 Å². The van der Waals surface area contributed by atoms with Crippen LogP contribution in [0.1, 0.15) is 19.8 Å². The molecule has 0 N–H and O–H groups in total. The molecule has 1 rings (SSSR count). The molecule has 1 aromatic rings. The minimum Gasteiger partial charge on any atom is -0.206 e. The Labute approximate surface area is 110 Å². The molecule has 0 unspecified atom stereocenters. The second-order valence-electron chi connectivity index (χ2n) is 3.38. The lowest BCUT2D eigenvalue weighted by Gasteiger charge is -2.19. The molecule has 0 aromatic carbocycles. The first-order valence-corrected chi connectivity index (χ1v) is 8.66. The van der Waals surface area contributed by atoms with E-state index in [-0.39, 0.29) is 0 Å². The molecular weight excluding hydrogens is 310 g/mol. The number of unbranched alkanes of at least 4 members (excludes halogenated alkanes) is 1. The molecule has 0 atom stereocenters. The van der Waals surface area contributed by atoms with Crippen LogP contribution in [-0.2, 0) is 10.0 Å². The van der Waals surface area contributed by atoms with Crippen LogP contribution in [0.5, 0.6) is 0 Å². The highest BCUT2D eigenvalue weighted by molar-refractivity contribution is 9.09. The van der Waals surface area contributed by atoms with Crippen LogP contribution in [0.25, 0.3) is 0 Å². The molecule has 0 aliphatic carbocycles. The van der Waals surface area contributed by atoms with Crippen molar-refractivity contribution in [2.45, 2.75) is 24.0 Å². The standard InChI is InChI=1S/C10H16BrNO2S2/c1-2-3-7-12(8-6-11)16(13,14)10-5-4-9-15-10/h4-5,9H,2-3,6-8H2,1H3. The number of sulfonamides is 1. The molecule has 6 heteroatoms. The Morgan fingerprint density at radius 2 is 2.19 bits per heavy atom. The van der Waals surface area contributed by atoms with Gasteiger partial charge in [0, 0.05) is 18.4 Å². The molecule has 16 heavy (non-hydrogen) atoms. The van der Waals surface area contributed by atoms with Crippen LogP contribution in [0.15, 0.2) is 21.7 Å². The Morgan fingerprint density at radius 1 is 1.44 bits per heavy atom. The molecule has 0 aliphatic heterocycles. The van der Waals surface area contributed by atoms with E-state index in [0.717, 1.165) is 12.8 Å². The van der Waals surface area contributed by atoms with E-state index in [0.29, 0.717) is 22.6 Å². The largest absolute Gasteiger partial charge is 0.252 e. The predicted octanol–water partition coefficient (Wildman–Crippen LogP) is 2.93. The Hall–Kier alpha value is 0.0900. The average molecular weight is 326 g/mol. The van der Waals surface area contributed by atoms with Gasteiger partial charge in [-0.3, -0.25) is 0 Å². The number of rotatable bonds is 7. The Bertz CT molecular complexity index is 389. The zero-order chi connectivity index (χ0) is 12.0. The third kappa shape index (κ3) is 3.55. The van der Waals surface area contributed by atoms with E-state index in [9.17, 15) is 8.42 Å². The predicted molar refractivity (Wildman–Crippen MR) is 71.8 cm³/mol. The van der Waals surface area contributed by atoms with Crippen molar-refractivity contribution in [2.75, 3.05) is 18.4 Å². The van der Waals surface area contributed by atoms with Crippen LogP contribution in [0.3, 0.4) is 0 Å². The first-order valence-electron chi connectivity index (χ1n) is 5.22. The normalized spacial score (nSPS) is 12.2. The average Bonchev–Trinajstić information content (AvgIpc) is 2.77. The van der Waals surface area contributed by atoms with Crippen LogP contribution < -0.4 is 0 Å². The Morgan fingerprint density at radius 3 is 2.69 bits per heavy atom. The summed E-state index contributed by atoms with van der Waals surface area (Å²) in [7, 11) is -3.27. The van der Waals surface area contributed by atoms with E-state index in [1.54, 1.807) is 21.8 Å². The summed E-state index contributed by atoms with van der Waals surface area (Å²) < 4.78 is 26.4. The number of halogens is 1. The smallest absolute Gasteiger partial charge is 0.206 e. The van der Waals surface area contributed by atoms with Gasteiger partial charge in [-0.15, -0.1) is 11.3 Å². The molecule has 0 spiro atoms. The molecule has 92 valence electrons. The lowest BCUT2D eigenvalue weighted by Crippen LogP contribution is -2.33. The number of hydrogen-bond acceptors (Lipinski definition) is 3. The zero-order valence-electron chi connectivity index (χ0n) is 9.23. The van der Waals surface area contributed by atoms with Gasteiger partial charge in [0.25, 0.3) is 10.0 Å². The second-order valence-corrected chi connectivity index (χ2v) is 7.28. The van der Waals surface area contributed by atoms with Crippen LogP contribution >= 0.6 is 27.3 Å². The van der Waals surface area contributed by atoms with Gasteiger partial charge in [0.15, 0.2) is 0 Å². The van der Waals surface area contributed by atoms with Crippen LogP contribution in [0.2, 0.25) is 0 Å². The third-order valence-electron chi connectivity index (χ3n) is 2.18. The summed E-state index contributed by atoms with van der Waals surface area (Å²) >= 11 is 4.57. The Kier molecular flexibility index (Phi) is 5.96. The van der Waals surface area contributed by atoms with Gasteiger partial charge in [-0.05, 0) is 17.9 Å². The maximum absolute atomic E-state index is 12.2. The fourth-order valence-electron chi connectivity index (χ4n) is 1.32. The highest BCUT2D eigenvalue weighted by Crippen LogP contribution is 2.21. The van der Waals surface area contributed by atoms with Crippen molar-refractivity contribution >= 4 is 37.3 Å². The van der Waals surface area contributed by atoms with Crippen molar-refractivity contribution in [1.29, 1.82) is 0 Å². The summed E-state index contributed by atoms with van der Waals surface area (Å²) in [5, 5.41) is 2.46. The molecular formula is C10H16BrNO2S2. The first kappa shape index (κ1) is 14.2. The van der Waals surface area contributed by atoms with Gasteiger partial charge < -0.3 is 0 Å². The molecule has 0 bridgehead atoms. The fraction of sp³-hybridized carbons (Fsp3) is 0.600. The number of hydrogen-bond donors (Lipinski definition) is 0. The topological polar surface area (TPSA) is 37.4 Å². The maximum Gasteiger partial charge on any atom is 0.252 e. The van der Waals surface area contributed by atoms with Crippen molar-refractivity contribution in [3.8, 4) is 0 Å². The second kappa shape index (κ2) is 6.74. The van der Waals surface area contributed by atoms with Gasteiger partial charge >= 0.3 is 0 Å². The van der Waals surface area contributed by atoms with E-state index in [4.69, 9.17) is 0 Å². The van der Waals surface area contributed by atoms with Crippen molar-refractivity contribution in [1.82, 2.24) is 4.31 Å². The summed E-state index contributed by atoms with van der Waals surface area (Å²) in [4.78, 5) is 0. The minimum atomic E-state index is -3.27. The molecule has 0 aliphatic rings. The first-order chi connectivity index (χ1) is 7.62. The zero-order valence-corrected chi connectivity index (χ0v) is 12.4. The van der Waals surface area contributed by atoms with E-state index >= 15 is 0 Å². The third-order valence-corrected chi connectivity index (χ3v) is 5.81. The molecule has 0 radical (unpaired) electrons. The number of alkyl halides is 1. The van der Waals surface area contributed by atoms with Gasteiger partial charge in [0.05, 0.1) is 0 Å². The number of thiophene rings is 1. The summed E-state index contributed by atoms with van der Waals surface area (Å²) in [5.74, 6) is 0. The molecule has 0 saturated heterocycles. The summed E-state index contributed by atoms with van der Waals surface area (Å²) in [6, 6.07) is 3.43. The van der Waals surface area contributed by atoms with E-state index in [1.807, 2.05) is 0 Å². The van der Waals surface area contributed by atoms with E-state index < -0.39 is 10.0 Å². The molecule has 0 amide bonds. The van der Waals surface area contributed by atoms with Crippen molar-refractivity contribution < 1.29 is 8.42 Å². The lowest BCUT2D eigenvalue weighted by molar-refractivity contribution is 0.423. The van der Waals surface area contributed by atoms with Crippen LogP contribution in [0, 0.1) is 0 Å². The Balaban J connectivity index is 2.84. The quantitative estimate of drug-likeness (QED) is 0.723. The van der Waals surface area contributed by atoms with Gasteiger partial charge in [-0.2, -0.15) is 4.31 Å². The molecule has 0 fully saturated rings. The maximum atomic E-state index is 12.2. The van der Waals surface area contributed by atoms with Crippen molar-refractivity contribution in [3.63, 3.8) is 0 Å². The molecule has 1 aromatic heterocycles. The fourth-order valence-corrected chi connectivity index (χ4v) is 4.61. The van der Waals surface area contributed by atoms with Gasteiger partial charge in [0.2, 0.25) is 0 Å². The van der Waals surface area contributed by atoms with Gasteiger partial charge in [-0.1, -0.05) is 35.3 Å². The molecule has 1 heterocycles. The lowest BCUT2D eigenvalue weighted by atomic mass is 10.3. The van der Waals surface area contributed by atoms with E-state index in [1.165, 1.54) is 11.3 Å². The SMILES string of the molecule is CCCCN(CCBr)S(=O)(=O)c1cccs1. The monoisotopic (exact) mass is 325 g/mol. The minimum absolute atomic E-state index is 0.435. The summed E-state index contributed by atoms with van der Waals surface area (Å²) in [6.45, 7) is 3.19. The summed E-state index contributed by atoms with van der Waals surface area (Å²) in [5.41, 5.74) is 0. The van der Waals surface area contributed by atoms with E-state index in [2.05, 4.69) is 22.9 Å². The summed E-state index contributed by atoms with van der Waals surface area (Å²) in [6.07, 6.45) is 1.90. The molecule has 0 saturated carbocycles. The number of nitrogens with zero attached hydrogens (tertiary/aromatic N) is 1. The highest BCUT2D eigenvalue weighted by Gasteiger charge is 2.23. The van der Waals surface area contributed by atoms with Crippen LogP contribution in [0.4, 0.5) is 0 Å². The van der Waals surface area contributed by atoms with Gasteiger partial charge in [-0.25, -0.2) is 8.42 Å². The van der Waals surface area contributed by atoms with Crippen LogP contribution in [-0.4, -0.2) is 31.1 Å². The highest BCUT2D eigenvalue weighted by atomic mass is 79.9. The van der Waals surface area contributed by atoms with Crippen molar-refractivity contribution in [2.24, 2.45) is 0 Å². The van der Waals surface area contributed by atoms with Gasteiger partial charge in [0.1, 0.15) is 4.21 Å². The molecule has 3 nitrogen and oxygen atoms in total.